The molecule has 0 bridgehead atoms. The Hall–Kier alpha value is -1.49. The van der Waals surface area contributed by atoms with Gasteiger partial charge in [-0.05, 0) is 6.07 Å². The Labute approximate surface area is 74.1 Å². The van der Waals surface area contributed by atoms with Crippen molar-refractivity contribution in [2.75, 3.05) is 5.73 Å². The maximum Gasteiger partial charge on any atom is 0.179 e. The van der Waals surface area contributed by atoms with Gasteiger partial charge in [0.2, 0.25) is 0 Å². The molecule has 0 atom stereocenters. The molecule has 0 radical (unpaired) electrons. The van der Waals surface area contributed by atoms with Gasteiger partial charge in [0, 0.05) is 24.0 Å². The van der Waals surface area contributed by atoms with Gasteiger partial charge in [-0.3, -0.25) is 0 Å². The van der Waals surface area contributed by atoms with Crippen LogP contribution in [-0.2, 0) is 0 Å². The second-order valence-corrected chi connectivity index (χ2v) is 2.70. The molecule has 0 spiro atoms. The quantitative estimate of drug-likeness (QED) is 0.661. The topological polar surface area (TPSA) is 64.7 Å². The smallest absolute Gasteiger partial charge is 0.179 e. The van der Waals surface area contributed by atoms with Gasteiger partial charge in [0.15, 0.2) is 5.13 Å². The van der Waals surface area contributed by atoms with Crippen molar-refractivity contribution in [2.45, 2.75) is 0 Å². The SMILES string of the molecule is Nc1nccs1.c1cncnc1. The number of anilines is 1. The van der Waals surface area contributed by atoms with Gasteiger partial charge in [-0.15, -0.1) is 11.3 Å². The van der Waals surface area contributed by atoms with Crippen molar-refractivity contribution in [3.05, 3.63) is 36.4 Å². The highest BCUT2D eigenvalue weighted by Gasteiger charge is 1.76. The number of nitrogens with two attached hydrogens (primary N) is 1. The van der Waals surface area contributed by atoms with Crippen LogP contribution >= 0.6 is 11.3 Å². The van der Waals surface area contributed by atoms with Crippen LogP contribution in [0, 0.1) is 0 Å². The summed E-state index contributed by atoms with van der Waals surface area (Å²) >= 11 is 1.44. The fourth-order valence-corrected chi connectivity index (χ4v) is 0.871. The predicted molar refractivity (Wildman–Crippen MR) is 48.6 cm³/mol. The molecule has 4 nitrogen and oxygen atoms in total. The highest BCUT2D eigenvalue weighted by Crippen LogP contribution is 2.02. The lowest BCUT2D eigenvalue weighted by Gasteiger charge is -1.70. The largest absolute Gasteiger partial charge is 0.375 e. The molecule has 5 heteroatoms. The summed E-state index contributed by atoms with van der Waals surface area (Å²) in [5, 5.41) is 2.48. The zero-order chi connectivity index (χ0) is 8.65. The number of hydrogen-bond donors (Lipinski definition) is 1. The molecule has 0 fully saturated rings. The molecule has 0 aliphatic rings. The highest BCUT2D eigenvalue weighted by molar-refractivity contribution is 7.13. The summed E-state index contributed by atoms with van der Waals surface area (Å²) in [5.74, 6) is 0. The minimum absolute atomic E-state index is 0.634. The van der Waals surface area contributed by atoms with Crippen LogP contribution in [0.3, 0.4) is 0 Å². The molecule has 2 aromatic heterocycles. The van der Waals surface area contributed by atoms with Gasteiger partial charge in [0.1, 0.15) is 6.33 Å². The molecule has 2 heterocycles. The predicted octanol–water partition coefficient (Wildman–Crippen LogP) is 1.20. The Morgan fingerprint density at radius 2 is 1.92 bits per heavy atom. The molecule has 0 saturated carbocycles. The van der Waals surface area contributed by atoms with Crippen molar-refractivity contribution in [1.82, 2.24) is 15.0 Å². The molecule has 2 rings (SSSR count). The maximum atomic E-state index is 5.19. The minimum Gasteiger partial charge on any atom is -0.375 e. The summed E-state index contributed by atoms with van der Waals surface area (Å²) in [4.78, 5) is 11.1. The standard InChI is InChI=1S/C4H4N2.C3H4N2S/c1-2-5-4-6-3-1;4-3-5-1-2-6-3/h1-4H;1-2H,(H2,4,5). The summed E-state index contributed by atoms with van der Waals surface area (Å²) in [7, 11) is 0. The molecule has 0 saturated heterocycles. The number of hydrogen-bond acceptors (Lipinski definition) is 5. The number of thiazole rings is 1. The average Bonchev–Trinajstić information content (AvgIpc) is 2.60. The van der Waals surface area contributed by atoms with Crippen molar-refractivity contribution in [3.63, 3.8) is 0 Å². The van der Waals surface area contributed by atoms with E-state index < -0.39 is 0 Å². The van der Waals surface area contributed by atoms with Crippen molar-refractivity contribution in [1.29, 1.82) is 0 Å². The molecule has 0 amide bonds. The Kier molecular flexibility index (Phi) is 3.73. The fourth-order valence-electron chi connectivity index (χ4n) is 0.488. The van der Waals surface area contributed by atoms with E-state index in [0.717, 1.165) is 0 Å². The third-order valence-electron chi connectivity index (χ3n) is 0.929. The van der Waals surface area contributed by atoms with Gasteiger partial charge in [-0.2, -0.15) is 0 Å². The summed E-state index contributed by atoms with van der Waals surface area (Å²) in [6.45, 7) is 0. The molecule has 12 heavy (non-hydrogen) atoms. The van der Waals surface area contributed by atoms with E-state index >= 15 is 0 Å². The van der Waals surface area contributed by atoms with Gasteiger partial charge in [-0.25, -0.2) is 15.0 Å². The Balaban J connectivity index is 0.000000120. The molecule has 0 aromatic carbocycles. The lowest BCUT2D eigenvalue weighted by molar-refractivity contribution is 1.17. The molecule has 2 N–H and O–H groups in total. The molecule has 0 aliphatic heterocycles. The molecular weight excluding hydrogens is 172 g/mol. The lowest BCUT2D eigenvalue weighted by Crippen LogP contribution is -1.77. The number of aromatic nitrogens is 3. The van der Waals surface area contributed by atoms with Crippen molar-refractivity contribution >= 4 is 16.5 Å². The van der Waals surface area contributed by atoms with E-state index in [1.807, 2.05) is 5.38 Å². The van der Waals surface area contributed by atoms with E-state index in [2.05, 4.69) is 15.0 Å². The van der Waals surface area contributed by atoms with Crippen LogP contribution in [0.15, 0.2) is 36.4 Å². The second-order valence-electron chi connectivity index (χ2n) is 1.77. The van der Waals surface area contributed by atoms with Crippen LogP contribution < -0.4 is 5.73 Å². The fraction of sp³-hybridized carbons (Fsp3) is 0. The number of rotatable bonds is 0. The first-order chi connectivity index (χ1) is 5.89. The van der Waals surface area contributed by atoms with Crippen LogP contribution in [0.1, 0.15) is 0 Å². The van der Waals surface area contributed by atoms with E-state index in [0.29, 0.717) is 5.13 Å². The third kappa shape index (κ3) is 3.62. The maximum absolute atomic E-state index is 5.19. The van der Waals surface area contributed by atoms with E-state index in [1.54, 1.807) is 24.7 Å². The zero-order valence-corrected chi connectivity index (χ0v) is 7.11. The van der Waals surface area contributed by atoms with Crippen molar-refractivity contribution < 1.29 is 0 Å². The van der Waals surface area contributed by atoms with Crippen molar-refractivity contribution in [3.8, 4) is 0 Å². The van der Waals surface area contributed by atoms with E-state index in [9.17, 15) is 0 Å². The third-order valence-corrected chi connectivity index (χ3v) is 1.53. The van der Waals surface area contributed by atoms with E-state index in [-0.39, 0.29) is 0 Å². The Morgan fingerprint density at radius 3 is 2.08 bits per heavy atom. The molecule has 0 aliphatic carbocycles. The summed E-state index contributed by atoms with van der Waals surface area (Å²) in [6, 6.07) is 1.78. The second kappa shape index (κ2) is 5.20. The monoisotopic (exact) mass is 180 g/mol. The van der Waals surface area contributed by atoms with Crippen LogP contribution in [0.4, 0.5) is 5.13 Å². The zero-order valence-electron chi connectivity index (χ0n) is 6.29. The summed E-state index contributed by atoms with van der Waals surface area (Å²) in [6.07, 6.45) is 6.56. The molecule has 62 valence electrons. The summed E-state index contributed by atoms with van der Waals surface area (Å²) < 4.78 is 0. The van der Waals surface area contributed by atoms with Gasteiger partial charge in [0.25, 0.3) is 0 Å². The highest BCUT2D eigenvalue weighted by atomic mass is 32.1. The average molecular weight is 180 g/mol. The molecule has 0 unspecified atom stereocenters. The van der Waals surface area contributed by atoms with Crippen LogP contribution in [-0.4, -0.2) is 15.0 Å². The molecular formula is C7H8N4S. The van der Waals surface area contributed by atoms with Gasteiger partial charge >= 0.3 is 0 Å². The van der Waals surface area contributed by atoms with Gasteiger partial charge in [0.05, 0.1) is 0 Å². The van der Waals surface area contributed by atoms with Crippen LogP contribution in [0.5, 0.6) is 0 Å². The number of nitrogen functional groups attached to an aromatic ring is 1. The summed E-state index contributed by atoms with van der Waals surface area (Å²) in [5.41, 5.74) is 5.19. The van der Waals surface area contributed by atoms with Gasteiger partial charge < -0.3 is 5.73 Å². The van der Waals surface area contributed by atoms with Gasteiger partial charge in [-0.1, -0.05) is 0 Å². The van der Waals surface area contributed by atoms with Crippen LogP contribution in [0.2, 0.25) is 0 Å². The van der Waals surface area contributed by atoms with E-state index in [1.165, 1.54) is 17.7 Å². The van der Waals surface area contributed by atoms with Crippen LogP contribution in [0.25, 0.3) is 0 Å². The Morgan fingerprint density at radius 1 is 1.17 bits per heavy atom. The Bertz CT molecular complexity index is 255. The minimum atomic E-state index is 0.634. The first-order valence-electron chi connectivity index (χ1n) is 3.24. The lowest BCUT2D eigenvalue weighted by atomic mass is 10.7. The van der Waals surface area contributed by atoms with E-state index in [4.69, 9.17) is 5.73 Å². The number of nitrogens with zero attached hydrogens (tertiary/aromatic N) is 3. The normalized spacial score (nSPS) is 8.33. The first kappa shape index (κ1) is 8.61. The first-order valence-corrected chi connectivity index (χ1v) is 4.12. The molecule has 2 aromatic rings. The van der Waals surface area contributed by atoms with Crippen molar-refractivity contribution in [2.24, 2.45) is 0 Å².